The minimum Gasteiger partial charge on any atom is -0.422 e. The van der Waals surface area contributed by atoms with Crippen molar-refractivity contribution in [2.75, 3.05) is 6.54 Å². The van der Waals surface area contributed by atoms with E-state index in [-0.39, 0.29) is 11.0 Å². The molecule has 5 heteroatoms. The highest BCUT2D eigenvalue weighted by Gasteiger charge is 2.22. The van der Waals surface area contributed by atoms with E-state index >= 15 is 0 Å². The second-order valence-corrected chi connectivity index (χ2v) is 6.39. The average Bonchev–Trinajstić information content (AvgIpc) is 2.35. The summed E-state index contributed by atoms with van der Waals surface area (Å²) < 4.78 is 9.84. The lowest BCUT2D eigenvalue weighted by molar-refractivity contribution is -0.159. The van der Waals surface area contributed by atoms with Gasteiger partial charge in [-0.1, -0.05) is 40.7 Å². The first-order valence-electron chi connectivity index (χ1n) is 7.38. The largest absolute Gasteiger partial charge is 0.422 e. The van der Waals surface area contributed by atoms with Crippen molar-refractivity contribution in [3.8, 4) is 0 Å². The van der Waals surface area contributed by atoms with Gasteiger partial charge in [-0.05, 0) is 24.7 Å². The minimum atomic E-state index is -0.938. The normalized spacial score (nSPS) is 14.0. The summed E-state index contributed by atoms with van der Waals surface area (Å²) in [5.41, 5.74) is 0.257. The molecule has 0 aliphatic rings. The molecule has 2 atom stereocenters. The predicted molar refractivity (Wildman–Crippen MR) is 82.7 cm³/mol. The summed E-state index contributed by atoms with van der Waals surface area (Å²) in [5.74, 6) is 0.0284. The molecule has 0 aromatic heterocycles. The number of alkyl carbamates (subject to hydrolysis) is 1. The zero-order chi connectivity index (χ0) is 16.6. The summed E-state index contributed by atoms with van der Waals surface area (Å²) in [5, 5.41) is 2.71. The van der Waals surface area contributed by atoms with Gasteiger partial charge < -0.3 is 14.8 Å². The van der Waals surface area contributed by atoms with E-state index < -0.39 is 18.4 Å². The van der Waals surface area contributed by atoms with Crippen molar-refractivity contribution in [2.45, 2.75) is 60.7 Å². The van der Waals surface area contributed by atoms with Crippen LogP contribution in [0.1, 0.15) is 54.4 Å². The maximum absolute atomic E-state index is 11.7. The lowest BCUT2D eigenvalue weighted by atomic mass is 9.82. The molecule has 0 fully saturated rings. The highest BCUT2D eigenvalue weighted by Crippen LogP contribution is 2.26. The molecule has 0 spiro atoms. The van der Waals surface area contributed by atoms with E-state index in [0.29, 0.717) is 12.5 Å². The van der Waals surface area contributed by atoms with E-state index in [1.807, 2.05) is 0 Å². The molecule has 0 aromatic carbocycles. The van der Waals surface area contributed by atoms with E-state index in [1.54, 1.807) is 0 Å². The molecule has 0 rings (SSSR count). The Labute approximate surface area is 128 Å². The third-order valence-corrected chi connectivity index (χ3v) is 3.20. The second kappa shape index (κ2) is 8.70. The number of carbonyl (C=O) groups is 2. The Morgan fingerprint density at radius 1 is 1.24 bits per heavy atom. The van der Waals surface area contributed by atoms with Crippen LogP contribution in [-0.4, -0.2) is 24.9 Å². The first-order chi connectivity index (χ1) is 9.57. The van der Waals surface area contributed by atoms with Gasteiger partial charge in [0.1, 0.15) is 0 Å². The number of hydrogen-bond acceptors (Lipinski definition) is 4. The minimum absolute atomic E-state index is 0.00787. The van der Waals surface area contributed by atoms with Crippen molar-refractivity contribution in [2.24, 2.45) is 11.3 Å². The van der Waals surface area contributed by atoms with E-state index in [9.17, 15) is 9.59 Å². The van der Waals surface area contributed by atoms with Gasteiger partial charge in [0.05, 0.1) is 0 Å². The Morgan fingerprint density at radius 2 is 1.81 bits per heavy atom. The fourth-order valence-corrected chi connectivity index (χ4v) is 1.94. The molecule has 1 amide bonds. The van der Waals surface area contributed by atoms with Crippen molar-refractivity contribution in [1.82, 2.24) is 5.32 Å². The molecular formula is C16H29NO4. The number of rotatable bonds is 8. The van der Waals surface area contributed by atoms with Crippen LogP contribution >= 0.6 is 0 Å². The molecule has 2 unspecified atom stereocenters. The number of amides is 1. The van der Waals surface area contributed by atoms with Crippen LogP contribution in [-0.2, 0) is 14.3 Å². The molecule has 0 aliphatic carbocycles. The number of hydrogen-bond donors (Lipinski definition) is 1. The molecule has 0 bridgehead atoms. The summed E-state index contributed by atoms with van der Waals surface area (Å²) in [6, 6.07) is 0. The van der Waals surface area contributed by atoms with Gasteiger partial charge in [-0.3, -0.25) is 0 Å². The van der Waals surface area contributed by atoms with E-state index in [2.05, 4.69) is 39.6 Å². The van der Waals surface area contributed by atoms with E-state index in [4.69, 9.17) is 9.47 Å². The molecule has 0 saturated heterocycles. The van der Waals surface area contributed by atoms with Crippen LogP contribution in [0.5, 0.6) is 0 Å². The maximum atomic E-state index is 11.7. The first-order valence-corrected chi connectivity index (χ1v) is 7.38. The van der Waals surface area contributed by atoms with Gasteiger partial charge in [0.25, 0.3) is 0 Å². The molecule has 1 N–H and O–H groups in total. The second-order valence-electron chi connectivity index (χ2n) is 6.39. The summed E-state index contributed by atoms with van der Waals surface area (Å²) in [4.78, 5) is 22.9. The standard InChI is InChI=1S/C16H29NO4/c1-8-12(4)9-16(6,7)10-17-15(19)21-13(5)20-14(18)11(2)3/h12-13H,2,8-10H2,1,3-7H3,(H,17,19). The average molecular weight is 299 g/mol. The third kappa shape index (κ3) is 9.10. The van der Waals surface area contributed by atoms with Crippen LogP contribution in [0.3, 0.4) is 0 Å². The van der Waals surface area contributed by atoms with Crippen LogP contribution in [0.2, 0.25) is 0 Å². The maximum Gasteiger partial charge on any atom is 0.410 e. The first kappa shape index (κ1) is 19.5. The van der Waals surface area contributed by atoms with Crippen molar-refractivity contribution >= 4 is 12.1 Å². The highest BCUT2D eigenvalue weighted by atomic mass is 16.7. The molecule has 5 nitrogen and oxygen atoms in total. The van der Waals surface area contributed by atoms with Gasteiger partial charge >= 0.3 is 12.1 Å². The third-order valence-electron chi connectivity index (χ3n) is 3.20. The van der Waals surface area contributed by atoms with E-state index in [1.165, 1.54) is 13.8 Å². The van der Waals surface area contributed by atoms with Crippen molar-refractivity contribution < 1.29 is 19.1 Å². The van der Waals surface area contributed by atoms with Crippen LogP contribution in [0, 0.1) is 11.3 Å². The number of carbonyl (C=O) groups excluding carboxylic acids is 2. The monoisotopic (exact) mass is 299 g/mol. The number of nitrogens with one attached hydrogen (secondary N) is 1. The molecule has 0 heterocycles. The van der Waals surface area contributed by atoms with Gasteiger partial charge in [0.15, 0.2) is 0 Å². The Hall–Kier alpha value is -1.52. The zero-order valence-electron chi connectivity index (χ0n) is 14.1. The van der Waals surface area contributed by atoms with Gasteiger partial charge in [0, 0.05) is 19.0 Å². The van der Waals surface area contributed by atoms with Gasteiger partial charge in [-0.2, -0.15) is 0 Å². The molecule has 21 heavy (non-hydrogen) atoms. The molecule has 0 aromatic rings. The predicted octanol–water partition coefficient (Wildman–Crippen LogP) is 3.64. The van der Waals surface area contributed by atoms with Gasteiger partial charge in [0.2, 0.25) is 6.29 Å². The zero-order valence-corrected chi connectivity index (χ0v) is 14.1. The SMILES string of the molecule is C=C(C)C(=O)OC(C)OC(=O)NCC(C)(C)CC(C)CC. The molecule has 122 valence electrons. The topological polar surface area (TPSA) is 64.6 Å². The van der Waals surface area contributed by atoms with Gasteiger partial charge in [-0.15, -0.1) is 0 Å². The van der Waals surface area contributed by atoms with Crippen molar-refractivity contribution in [1.29, 1.82) is 0 Å². The lowest BCUT2D eigenvalue weighted by Crippen LogP contribution is -2.37. The Kier molecular flexibility index (Phi) is 8.07. The van der Waals surface area contributed by atoms with Crippen LogP contribution in [0.4, 0.5) is 4.79 Å². The lowest BCUT2D eigenvalue weighted by Gasteiger charge is -2.28. The Morgan fingerprint density at radius 3 is 2.29 bits per heavy atom. The number of esters is 1. The Balaban J connectivity index is 4.14. The van der Waals surface area contributed by atoms with Gasteiger partial charge in [-0.25, -0.2) is 9.59 Å². The fraction of sp³-hybridized carbons (Fsp3) is 0.750. The fourth-order valence-electron chi connectivity index (χ4n) is 1.94. The molecule has 0 aliphatic heterocycles. The number of ether oxygens (including phenoxy) is 2. The Bertz CT molecular complexity index is 376. The molecule has 0 saturated carbocycles. The summed E-state index contributed by atoms with van der Waals surface area (Å²) in [6.45, 7) is 15.5. The molecular weight excluding hydrogens is 270 g/mol. The van der Waals surface area contributed by atoms with E-state index in [0.717, 1.165) is 12.8 Å². The van der Waals surface area contributed by atoms with Crippen molar-refractivity contribution in [3.63, 3.8) is 0 Å². The highest BCUT2D eigenvalue weighted by molar-refractivity contribution is 5.87. The summed E-state index contributed by atoms with van der Waals surface area (Å²) in [6.07, 6.45) is 0.604. The smallest absolute Gasteiger partial charge is 0.410 e. The summed E-state index contributed by atoms with van der Waals surface area (Å²) >= 11 is 0. The quantitative estimate of drug-likeness (QED) is 0.422. The molecule has 0 radical (unpaired) electrons. The van der Waals surface area contributed by atoms with Crippen molar-refractivity contribution in [3.05, 3.63) is 12.2 Å². The van der Waals surface area contributed by atoms with Crippen LogP contribution in [0.25, 0.3) is 0 Å². The van der Waals surface area contributed by atoms with Crippen LogP contribution < -0.4 is 5.32 Å². The van der Waals surface area contributed by atoms with Crippen LogP contribution in [0.15, 0.2) is 12.2 Å². The summed E-state index contributed by atoms with van der Waals surface area (Å²) in [7, 11) is 0.